The van der Waals surface area contributed by atoms with Gasteiger partial charge in [-0.25, -0.2) is 0 Å². The zero-order chi connectivity index (χ0) is 26.7. The molecule has 36 heavy (non-hydrogen) atoms. The van der Waals surface area contributed by atoms with Gasteiger partial charge in [0, 0.05) is 43.1 Å². The molecular weight excluding hydrogens is 460 g/mol. The normalized spacial score (nSPS) is 13.7. The molecule has 0 amide bonds. The predicted octanol–water partition coefficient (Wildman–Crippen LogP) is 9.63. The molecule has 0 spiro atoms. The van der Waals surface area contributed by atoms with E-state index in [0.29, 0.717) is 11.8 Å². The van der Waals surface area contributed by atoms with Gasteiger partial charge in [-0.05, 0) is 53.9 Å². The molecule has 0 radical (unpaired) electrons. The van der Waals surface area contributed by atoms with Gasteiger partial charge >= 0.3 is 0 Å². The van der Waals surface area contributed by atoms with E-state index in [2.05, 4.69) is 107 Å². The maximum absolute atomic E-state index is 6.84. The van der Waals surface area contributed by atoms with Crippen LogP contribution >= 0.6 is 11.6 Å². The second-order valence-electron chi connectivity index (χ2n) is 10.1. The summed E-state index contributed by atoms with van der Waals surface area (Å²) in [6, 6.07) is 15.0. The Hall–Kier alpha value is -2.45. The van der Waals surface area contributed by atoms with Crippen molar-refractivity contribution in [1.82, 2.24) is 9.80 Å². The third kappa shape index (κ3) is 8.03. The van der Waals surface area contributed by atoms with Crippen molar-refractivity contribution in [1.29, 1.82) is 0 Å². The molecule has 0 aliphatic carbocycles. The molecule has 1 heterocycles. The Morgan fingerprint density at radius 2 is 1.72 bits per heavy atom. The zero-order valence-corrected chi connectivity index (χ0v) is 24.1. The highest BCUT2D eigenvalue weighted by Gasteiger charge is 2.23. The molecule has 0 unspecified atom stereocenters. The van der Waals surface area contributed by atoms with E-state index in [1.54, 1.807) is 0 Å². The van der Waals surface area contributed by atoms with E-state index in [0.717, 1.165) is 61.7 Å². The van der Waals surface area contributed by atoms with Gasteiger partial charge in [0.2, 0.25) is 0 Å². The van der Waals surface area contributed by atoms with Crippen LogP contribution in [0.5, 0.6) is 0 Å². The number of nitrogens with zero attached hydrogens (tertiary/aromatic N) is 2. The Bertz CT molecular complexity index is 999. The Morgan fingerprint density at radius 3 is 2.28 bits per heavy atom. The SMILES string of the molecule is C=Cc1ccccc1CN(CCC)C(=C)c1ccc(C2CCN(C(=C)C(C)C)CC2)cc1Cl.CCC. The predicted molar refractivity (Wildman–Crippen MR) is 161 cm³/mol. The third-order valence-corrected chi connectivity index (χ3v) is 7.17. The van der Waals surface area contributed by atoms with Crippen LogP contribution in [0.3, 0.4) is 0 Å². The lowest BCUT2D eigenvalue weighted by atomic mass is 9.88. The quantitative estimate of drug-likeness (QED) is 0.316. The van der Waals surface area contributed by atoms with Crippen molar-refractivity contribution in [3.05, 3.63) is 95.2 Å². The number of piperidine rings is 1. The van der Waals surface area contributed by atoms with E-state index in [4.69, 9.17) is 11.6 Å². The molecule has 0 bridgehead atoms. The summed E-state index contributed by atoms with van der Waals surface area (Å²) in [6.07, 6.45) is 6.50. The average Bonchev–Trinajstić information content (AvgIpc) is 2.88. The van der Waals surface area contributed by atoms with Crippen LogP contribution in [0.4, 0.5) is 0 Å². The number of hydrogen-bond donors (Lipinski definition) is 0. The van der Waals surface area contributed by atoms with E-state index in [9.17, 15) is 0 Å². The van der Waals surface area contributed by atoms with E-state index >= 15 is 0 Å². The Morgan fingerprint density at radius 1 is 1.08 bits per heavy atom. The Labute approximate surface area is 226 Å². The number of hydrogen-bond acceptors (Lipinski definition) is 2. The first-order chi connectivity index (χ1) is 17.3. The molecule has 3 heteroatoms. The lowest BCUT2D eigenvalue weighted by Crippen LogP contribution is -2.33. The summed E-state index contributed by atoms with van der Waals surface area (Å²) >= 11 is 6.84. The highest BCUT2D eigenvalue weighted by molar-refractivity contribution is 6.32. The van der Waals surface area contributed by atoms with E-state index in [1.807, 2.05) is 6.08 Å². The van der Waals surface area contributed by atoms with Crippen LogP contribution in [-0.4, -0.2) is 29.4 Å². The van der Waals surface area contributed by atoms with Gasteiger partial charge in [-0.1, -0.05) is 115 Å². The van der Waals surface area contributed by atoms with Crippen LogP contribution in [0.15, 0.2) is 67.9 Å². The number of likely N-dealkylation sites (tertiary alicyclic amines) is 1. The monoisotopic (exact) mass is 506 g/mol. The van der Waals surface area contributed by atoms with Gasteiger partial charge in [-0.3, -0.25) is 0 Å². The average molecular weight is 507 g/mol. The number of halogens is 1. The molecule has 3 rings (SSSR count). The highest BCUT2D eigenvalue weighted by atomic mass is 35.5. The minimum atomic E-state index is 0.505. The molecule has 1 aliphatic rings. The van der Waals surface area contributed by atoms with E-state index < -0.39 is 0 Å². The van der Waals surface area contributed by atoms with Crippen molar-refractivity contribution < 1.29 is 0 Å². The molecule has 2 nitrogen and oxygen atoms in total. The summed E-state index contributed by atoms with van der Waals surface area (Å²) in [5.41, 5.74) is 7.02. The zero-order valence-electron chi connectivity index (χ0n) is 23.3. The maximum Gasteiger partial charge on any atom is 0.0501 e. The van der Waals surface area contributed by atoms with Crippen LogP contribution in [0, 0.1) is 5.92 Å². The Kier molecular flexibility index (Phi) is 12.4. The van der Waals surface area contributed by atoms with Gasteiger partial charge in [0.05, 0.1) is 5.02 Å². The minimum absolute atomic E-state index is 0.505. The number of allylic oxidation sites excluding steroid dienone is 1. The lowest BCUT2D eigenvalue weighted by Gasteiger charge is -2.36. The van der Waals surface area contributed by atoms with Gasteiger partial charge in [0.15, 0.2) is 0 Å². The van der Waals surface area contributed by atoms with Crippen LogP contribution in [-0.2, 0) is 6.54 Å². The third-order valence-electron chi connectivity index (χ3n) is 6.85. The van der Waals surface area contributed by atoms with Crippen LogP contribution in [0.25, 0.3) is 11.8 Å². The molecule has 196 valence electrons. The molecule has 1 aliphatic heterocycles. The topological polar surface area (TPSA) is 6.48 Å². The molecule has 0 aromatic heterocycles. The van der Waals surface area contributed by atoms with Crippen molar-refractivity contribution >= 4 is 23.4 Å². The molecule has 2 aromatic rings. The first-order valence-electron chi connectivity index (χ1n) is 13.6. The summed E-state index contributed by atoms with van der Waals surface area (Å²) < 4.78 is 0. The number of benzene rings is 2. The fourth-order valence-corrected chi connectivity index (χ4v) is 5.02. The molecule has 0 atom stereocenters. The molecule has 1 saturated heterocycles. The fraction of sp³-hybridized carbons (Fsp3) is 0.455. The van der Waals surface area contributed by atoms with Crippen LogP contribution < -0.4 is 0 Å². The van der Waals surface area contributed by atoms with Gasteiger partial charge in [0.25, 0.3) is 0 Å². The second kappa shape index (κ2) is 15.0. The number of rotatable bonds is 10. The summed E-state index contributed by atoms with van der Waals surface area (Å²) in [5, 5.41) is 0.796. The van der Waals surface area contributed by atoms with E-state index in [-0.39, 0.29) is 0 Å². The van der Waals surface area contributed by atoms with Gasteiger partial charge < -0.3 is 9.80 Å². The molecular formula is C33H47ClN2. The van der Waals surface area contributed by atoms with Crippen molar-refractivity contribution in [2.24, 2.45) is 5.92 Å². The van der Waals surface area contributed by atoms with Gasteiger partial charge in [-0.2, -0.15) is 0 Å². The summed E-state index contributed by atoms with van der Waals surface area (Å²) in [5.74, 6) is 1.05. The van der Waals surface area contributed by atoms with Crippen molar-refractivity contribution in [2.75, 3.05) is 19.6 Å². The first kappa shape index (κ1) is 29.8. The van der Waals surface area contributed by atoms with Crippen molar-refractivity contribution in [3.63, 3.8) is 0 Å². The smallest absolute Gasteiger partial charge is 0.0501 e. The first-order valence-corrected chi connectivity index (χ1v) is 14.0. The summed E-state index contributed by atoms with van der Waals surface area (Å²) in [7, 11) is 0. The maximum atomic E-state index is 6.84. The molecule has 1 fully saturated rings. The molecule has 0 saturated carbocycles. The second-order valence-corrected chi connectivity index (χ2v) is 10.5. The molecule has 2 aromatic carbocycles. The Balaban J connectivity index is 0.00000145. The van der Waals surface area contributed by atoms with Crippen molar-refractivity contribution in [3.8, 4) is 0 Å². The highest BCUT2D eigenvalue weighted by Crippen LogP contribution is 2.35. The van der Waals surface area contributed by atoms with Crippen molar-refractivity contribution in [2.45, 2.75) is 72.8 Å². The summed E-state index contributed by atoms with van der Waals surface area (Å²) in [6.45, 7) is 27.4. The van der Waals surface area contributed by atoms with Crippen LogP contribution in [0.1, 0.15) is 88.5 Å². The minimum Gasteiger partial charge on any atom is -0.375 e. The largest absolute Gasteiger partial charge is 0.375 e. The summed E-state index contributed by atoms with van der Waals surface area (Å²) in [4.78, 5) is 4.78. The van der Waals surface area contributed by atoms with Gasteiger partial charge in [0.1, 0.15) is 0 Å². The van der Waals surface area contributed by atoms with E-state index in [1.165, 1.54) is 28.8 Å². The lowest BCUT2D eigenvalue weighted by molar-refractivity contribution is 0.245. The molecule has 0 N–H and O–H groups in total. The fourth-order valence-electron chi connectivity index (χ4n) is 4.72. The van der Waals surface area contributed by atoms with Crippen LogP contribution in [0.2, 0.25) is 5.02 Å². The van der Waals surface area contributed by atoms with Gasteiger partial charge in [-0.15, -0.1) is 0 Å². The standard InChI is InChI=1S/C30H39ClN2.C3H8/c1-7-17-33(21-28-12-10-9-11-25(28)8-2)24(6)29-14-13-27(20-30(29)31)26-15-18-32(19-16-26)23(5)22(3)4;1-3-2/h8-14,20,22,26H,2,5-7,15-19,21H2,1,3-4H3;3H2,1-2H3.